The molecule has 3 aromatic heterocycles. The van der Waals surface area contributed by atoms with E-state index in [-0.39, 0.29) is 13.2 Å². The minimum Gasteiger partial charge on any atom is -0.491 e. The fraction of sp³-hybridized carbons (Fsp3) is 0.125. The highest BCUT2D eigenvalue weighted by molar-refractivity contribution is 5.98. The highest BCUT2D eigenvalue weighted by atomic mass is 16.5. The molecule has 0 radical (unpaired) electrons. The Morgan fingerprint density at radius 2 is 1.90 bits per heavy atom. The van der Waals surface area contributed by atoms with Crippen molar-refractivity contribution < 1.29 is 14.9 Å². The van der Waals surface area contributed by atoms with Gasteiger partial charge in [0, 0.05) is 41.2 Å². The molecule has 3 N–H and O–H groups in total. The molecule has 0 amide bonds. The molecule has 3 heterocycles. The summed E-state index contributed by atoms with van der Waals surface area (Å²) in [7, 11) is 0. The van der Waals surface area contributed by atoms with Gasteiger partial charge in [0.1, 0.15) is 24.3 Å². The Bertz CT molecular complexity index is 1360. The van der Waals surface area contributed by atoms with Crippen molar-refractivity contribution >= 4 is 21.8 Å². The number of imidazole rings is 1. The van der Waals surface area contributed by atoms with Crippen molar-refractivity contribution in [3.05, 3.63) is 73.2 Å². The van der Waals surface area contributed by atoms with Crippen LogP contribution in [0.25, 0.3) is 44.5 Å². The van der Waals surface area contributed by atoms with Gasteiger partial charge in [-0.1, -0.05) is 24.3 Å². The van der Waals surface area contributed by atoms with Crippen molar-refractivity contribution in [3.8, 4) is 28.4 Å². The number of fused-ring (bicyclic) bond motifs is 2. The normalized spacial score (nSPS) is 12.3. The number of aromatic nitrogens is 4. The van der Waals surface area contributed by atoms with Gasteiger partial charge >= 0.3 is 0 Å². The van der Waals surface area contributed by atoms with Gasteiger partial charge in [-0.3, -0.25) is 9.97 Å². The largest absolute Gasteiger partial charge is 0.491 e. The van der Waals surface area contributed by atoms with Crippen LogP contribution in [0.4, 0.5) is 0 Å². The summed E-state index contributed by atoms with van der Waals surface area (Å²) in [6, 6.07) is 17.4. The summed E-state index contributed by atoms with van der Waals surface area (Å²) in [6.07, 6.45) is 4.52. The summed E-state index contributed by atoms with van der Waals surface area (Å²) >= 11 is 0. The van der Waals surface area contributed by atoms with Crippen molar-refractivity contribution in [1.82, 2.24) is 19.9 Å². The zero-order chi connectivity index (χ0) is 21.2. The highest BCUT2D eigenvalue weighted by Gasteiger charge is 2.15. The van der Waals surface area contributed by atoms with Crippen molar-refractivity contribution in [3.63, 3.8) is 0 Å². The molecule has 5 rings (SSSR count). The first-order valence-electron chi connectivity index (χ1n) is 9.93. The number of pyridine rings is 2. The molecule has 154 valence electrons. The zero-order valence-electron chi connectivity index (χ0n) is 16.6. The van der Waals surface area contributed by atoms with Crippen molar-refractivity contribution in [2.24, 2.45) is 0 Å². The quantitative estimate of drug-likeness (QED) is 0.394. The van der Waals surface area contributed by atoms with Crippen LogP contribution in [0.15, 0.2) is 73.2 Å². The van der Waals surface area contributed by atoms with Crippen LogP contribution in [0.3, 0.4) is 0 Å². The third kappa shape index (κ3) is 3.72. The third-order valence-corrected chi connectivity index (χ3v) is 5.09. The summed E-state index contributed by atoms with van der Waals surface area (Å²) < 4.78 is 5.54. The van der Waals surface area contributed by atoms with E-state index in [2.05, 4.69) is 21.0 Å². The number of rotatable bonds is 6. The molecule has 0 aliphatic carbocycles. The highest BCUT2D eigenvalue weighted by Crippen LogP contribution is 2.34. The van der Waals surface area contributed by atoms with Crippen molar-refractivity contribution in [2.75, 3.05) is 13.2 Å². The Morgan fingerprint density at radius 1 is 1.00 bits per heavy atom. The lowest BCUT2D eigenvalue weighted by Gasteiger charge is -2.09. The minimum absolute atomic E-state index is 0.0177. The molecule has 7 nitrogen and oxygen atoms in total. The van der Waals surface area contributed by atoms with Crippen LogP contribution < -0.4 is 4.74 Å². The molecule has 0 fully saturated rings. The molecule has 1 atom stereocenters. The van der Waals surface area contributed by atoms with E-state index in [0.29, 0.717) is 11.6 Å². The number of nitrogens with one attached hydrogen (secondary N) is 1. The average Bonchev–Trinajstić information content (AvgIpc) is 3.25. The molecule has 7 heteroatoms. The lowest BCUT2D eigenvalue weighted by Crippen LogP contribution is -2.21. The number of benzene rings is 2. The summed E-state index contributed by atoms with van der Waals surface area (Å²) in [5.74, 6) is 1.28. The second-order valence-corrected chi connectivity index (χ2v) is 7.22. The van der Waals surface area contributed by atoms with Gasteiger partial charge in [-0.2, -0.15) is 0 Å². The van der Waals surface area contributed by atoms with Crippen LogP contribution in [0, 0.1) is 0 Å². The molecule has 0 bridgehead atoms. The standard InChI is InChI=1S/C24H20N4O3/c29-13-16(30)14-31-17-7-8-21-22(10-17)28-24(27-21)19-6-3-9-26-23(19)20-12-25-11-15-4-1-2-5-18(15)20/h1-12,16,29-30H,13-14H2,(H,27,28). The van der Waals surface area contributed by atoms with E-state index in [9.17, 15) is 5.11 Å². The molecule has 0 aliphatic heterocycles. The first kappa shape index (κ1) is 19.2. The van der Waals surface area contributed by atoms with E-state index in [1.165, 1.54) is 0 Å². The maximum absolute atomic E-state index is 9.49. The van der Waals surface area contributed by atoms with Crippen LogP contribution in [-0.4, -0.2) is 49.5 Å². The monoisotopic (exact) mass is 412 g/mol. The predicted octanol–water partition coefficient (Wildman–Crippen LogP) is 3.57. The first-order chi connectivity index (χ1) is 15.2. The van der Waals surface area contributed by atoms with Gasteiger partial charge in [0.25, 0.3) is 0 Å². The maximum atomic E-state index is 9.49. The molecule has 0 spiro atoms. The van der Waals surface area contributed by atoms with Crippen LogP contribution >= 0.6 is 0 Å². The van der Waals surface area contributed by atoms with E-state index in [1.807, 2.05) is 54.9 Å². The van der Waals surface area contributed by atoms with Crippen LogP contribution in [-0.2, 0) is 0 Å². The number of aliphatic hydroxyl groups is 2. The number of hydrogen-bond donors (Lipinski definition) is 3. The number of aromatic amines is 1. The van der Waals surface area contributed by atoms with E-state index in [0.717, 1.165) is 38.6 Å². The van der Waals surface area contributed by atoms with Gasteiger partial charge in [-0.05, 0) is 29.7 Å². The van der Waals surface area contributed by atoms with Gasteiger partial charge in [0.05, 0.1) is 23.3 Å². The number of nitrogens with zero attached hydrogens (tertiary/aromatic N) is 3. The number of aliphatic hydroxyl groups excluding tert-OH is 2. The lowest BCUT2D eigenvalue weighted by atomic mass is 10.0. The molecule has 0 saturated heterocycles. The van der Waals surface area contributed by atoms with Crippen LogP contribution in [0.2, 0.25) is 0 Å². The molecule has 1 unspecified atom stereocenters. The van der Waals surface area contributed by atoms with Gasteiger partial charge in [0.15, 0.2) is 0 Å². The second-order valence-electron chi connectivity index (χ2n) is 7.22. The average molecular weight is 412 g/mol. The minimum atomic E-state index is -0.916. The summed E-state index contributed by atoms with van der Waals surface area (Å²) in [6.45, 7) is -0.326. The Balaban J connectivity index is 1.57. The summed E-state index contributed by atoms with van der Waals surface area (Å²) in [5, 5.41) is 20.6. The Morgan fingerprint density at radius 3 is 2.81 bits per heavy atom. The molecule has 31 heavy (non-hydrogen) atoms. The summed E-state index contributed by atoms with van der Waals surface area (Å²) in [4.78, 5) is 17.1. The predicted molar refractivity (Wildman–Crippen MR) is 119 cm³/mol. The SMILES string of the molecule is OCC(O)COc1ccc2nc(-c3cccnc3-c3cncc4ccccc34)[nH]c2c1. The fourth-order valence-corrected chi connectivity index (χ4v) is 3.57. The summed E-state index contributed by atoms with van der Waals surface area (Å²) in [5.41, 5.74) is 4.20. The number of ether oxygens (including phenoxy) is 1. The Labute approximate surface area is 178 Å². The molecular weight excluding hydrogens is 392 g/mol. The van der Waals surface area contributed by atoms with Crippen LogP contribution in [0.1, 0.15) is 0 Å². The first-order valence-corrected chi connectivity index (χ1v) is 9.93. The topological polar surface area (TPSA) is 104 Å². The van der Waals surface area contributed by atoms with Gasteiger partial charge in [-0.15, -0.1) is 0 Å². The van der Waals surface area contributed by atoms with E-state index < -0.39 is 6.10 Å². The zero-order valence-corrected chi connectivity index (χ0v) is 16.6. The Hall–Kier alpha value is -3.81. The van der Waals surface area contributed by atoms with E-state index in [4.69, 9.17) is 14.8 Å². The van der Waals surface area contributed by atoms with Crippen molar-refractivity contribution in [1.29, 1.82) is 0 Å². The molecular formula is C24H20N4O3. The second kappa shape index (κ2) is 8.14. The van der Waals surface area contributed by atoms with Gasteiger partial charge < -0.3 is 19.9 Å². The smallest absolute Gasteiger partial charge is 0.140 e. The van der Waals surface area contributed by atoms with Gasteiger partial charge in [-0.25, -0.2) is 4.98 Å². The fourth-order valence-electron chi connectivity index (χ4n) is 3.57. The van der Waals surface area contributed by atoms with Crippen LogP contribution in [0.5, 0.6) is 5.75 Å². The van der Waals surface area contributed by atoms with E-state index in [1.54, 1.807) is 12.3 Å². The number of hydrogen-bond acceptors (Lipinski definition) is 6. The lowest BCUT2D eigenvalue weighted by molar-refractivity contribution is 0.0536. The number of H-pyrrole nitrogens is 1. The molecule has 5 aromatic rings. The maximum Gasteiger partial charge on any atom is 0.140 e. The molecule has 0 saturated carbocycles. The molecule has 2 aromatic carbocycles. The van der Waals surface area contributed by atoms with Gasteiger partial charge in [0.2, 0.25) is 0 Å². The van der Waals surface area contributed by atoms with E-state index >= 15 is 0 Å². The Kier molecular flexibility index (Phi) is 5.03. The molecule has 0 aliphatic rings. The third-order valence-electron chi connectivity index (χ3n) is 5.09. The van der Waals surface area contributed by atoms with Crippen molar-refractivity contribution in [2.45, 2.75) is 6.10 Å².